The van der Waals surface area contributed by atoms with Gasteiger partial charge in [-0.25, -0.2) is 0 Å². The van der Waals surface area contributed by atoms with Gasteiger partial charge >= 0.3 is 0 Å². The van der Waals surface area contributed by atoms with Crippen LogP contribution in [0.5, 0.6) is 0 Å². The number of fused-ring (bicyclic) bond motifs is 3. The van der Waals surface area contributed by atoms with E-state index in [0.29, 0.717) is 39.2 Å². The molecule has 122 valence electrons. The second kappa shape index (κ2) is 5.81. The number of carbonyl (C=O) groups is 2. The quantitative estimate of drug-likeness (QED) is 0.898. The van der Waals surface area contributed by atoms with Crippen LogP contribution in [0.3, 0.4) is 0 Å². The van der Waals surface area contributed by atoms with Crippen molar-refractivity contribution in [3.05, 3.63) is 24.3 Å². The first kappa shape index (κ1) is 15.0. The molecule has 3 aliphatic heterocycles. The first-order chi connectivity index (χ1) is 11.2. The maximum Gasteiger partial charge on any atom is 0.257 e. The van der Waals surface area contributed by atoms with E-state index in [1.54, 1.807) is 4.90 Å². The highest BCUT2D eigenvalue weighted by atomic mass is 32.2. The summed E-state index contributed by atoms with van der Waals surface area (Å²) in [5.74, 6) is -0.117. The minimum absolute atomic E-state index is 0.00912. The molecule has 1 aromatic carbocycles. The molecule has 1 aromatic rings. The van der Waals surface area contributed by atoms with Crippen LogP contribution in [-0.2, 0) is 19.1 Å². The van der Waals surface area contributed by atoms with Crippen LogP contribution in [0.2, 0.25) is 0 Å². The SMILES string of the molecule is O=C1CC[C@]2(C(=O)NC[C@@H]3COCCO3)Sc3ccccc3N12. The number of hydrogen-bond acceptors (Lipinski definition) is 5. The predicted octanol–water partition coefficient (Wildman–Crippen LogP) is 1.15. The van der Waals surface area contributed by atoms with Crippen molar-refractivity contribution in [2.75, 3.05) is 31.3 Å². The number of carbonyl (C=O) groups excluding carboxylic acids is 2. The Balaban J connectivity index is 1.52. The van der Waals surface area contributed by atoms with Crippen molar-refractivity contribution >= 4 is 29.3 Å². The maximum atomic E-state index is 12.9. The maximum absolute atomic E-state index is 12.9. The van der Waals surface area contributed by atoms with E-state index >= 15 is 0 Å². The average Bonchev–Trinajstić information content (AvgIpc) is 3.10. The summed E-state index contributed by atoms with van der Waals surface area (Å²) in [4.78, 5) is 27.0. The van der Waals surface area contributed by atoms with Gasteiger partial charge in [0, 0.05) is 17.9 Å². The zero-order valence-corrected chi connectivity index (χ0v) is 13.4. The normalized spacial score (nSPS) is 29.3. The fraction of sp³-hybridized carbons (Fsp3) is 0.500. The minimum Gasteiger partial charge on any atom is -0.376 e. The Hall–Kier alpha value is -1.57. The second-order valence-electron chi connectivity index (χ2n) is 5.86. The summed E-state index contributed by atoms with van der Waals surface area (Å²) in [6, 6.07) is 7.68. The van der Waals surface area contributed by atoms with Gasteiger partial charge in [-0.05, 0) is 18.6 Å². The van der Waals surface area contributed by atoms with Gasteiger partial charge in [-0.3, -0.25) is 14.5 Å². The molecule has 0 aliphatic carbocycles. The molecule has 2 saturated heterocycles. The molecule has 0 saturated carbocycles. The van der Waals surface area contributed by atoms with Crippen LogP contribution in [0.4, 0.5) is 5.69 Å². The van der Waals surface area contributed by atoms with E-state index in [0.717, 1.165) is 10.6 Å². The molecule has 3 heterocycles. The average molecular weight is 334 g/mol. The van der Waals surface area contributed by atoms with Crippen LogP contribution in [0.15, 0.2) is 29.2 Å². The molecular formula is C16H18N2O4S. The summed E-state index contributed by atoms with van der Waals surface area (Å²) >= 11 is 1.47. The van der Waals surface area contributed by atoms with Crippen LogP contribution >= 0.6 is 11.8 Å². The summed E-state index contributed by atoms with van der Waals surface area (Å²) in [7, 11) is 0. The van der Waals surface area contributed by atoms with E-state index in [1.807, 2.05) is 24.3 Å². The lowest BCUT2D eigenvalue weighted by Gasteiger charge is -2.31. The van der Waals surface area contributed by atoms with Gasteiger partial charge in [0.25, 0.3) is 5.91 Å². The molecule has 0 aromatic heterocycles. The first-order valence-electron chi connectivity index (χ1n) is 7.79. The lowest BCUT2D eigenvalue weighted by Crippen LogP contribution is -2.54. The zero-order valence-electron chi connectivity index (χ0n) is 12.6. The van der Waals surface area contributed by atoms with Crippen LogP contribution < -0.4 is 10.2 Å². The molecule has 23 heavy (non-hydrogen) atoms. The van der Waals surface area contributed by atoms with Crippen molar-refractivity contribution in [1.82, 2.24) is 5.32 Å². The molecule has 6 nitrogen and oxygen atoms in total. The number of nitrogens with zero attached hydrogens (tertiary/aromatic N) is 1. The highest BCUT2D eigenvalue weighted by molar-refractivity contribution is 8.02. The van der Waals surface area contributed by atoms with Crippen LogP contribution in [0, 0.1) is 0 Å². The Morgan fingerprint density at radius 3 is 3.09 bits per heavy atom. The fourth-order valence-electron chi connectivity index (χ4n) is 3.30. The third-order valence-corrected chi connectivity index (χ3v) is 5.88. The fourth-order valence-corrected chi connectivity index (χ4v) is 4.73. The van der Waals surface area contributed by atoms with Gasteiger partial charge in [-0.2, -0.15) is 0 Å². The Labute approximate surface area is 138 Å². The van der Waals surface area contributed by atoms with Crippen molar-refractivity contribution < 1.29 is 19.1 Å². The molecule has 0 spiro atoms. The van der Waals surface area contributed by atoms with Gasteiger partial charge in [0.05, 0.1) is 31.6 Å². The van der Waals surface area contributed by atoms with Crippen LogP contribution in [0.25, 0.3) is 0 Å². The second-order valence-corrected chi connectivity index (χ2v) is 7.18. The Morgan fingerprint density at radius 1 is 1.39 bits per heavy atom. The van der Waals surface area contributed by atoms with Crippen molar-refractivity contribution in [2.45, 2.75) is 28.7 Å². The summed E-state index contributed by atoms with van der Waals surface area (Å²) < 4.78 is 10.9. The third-order valence-electron chi connectivity index (χ3n) is 4.40. The summed E-state index contributed by atoms with van der Waals surface area (Å²) in [5.41, 5.74) is 0.840. The van der Waals surface area contributed by atoms with Gasteiger partial charge in [-0.1, -0.05) is 23.9 Å². The molecule has 2 amide bonds. The molecule has 2 atom stereocenters. The summed E-state index contributed by atoms with van der Waals surface area (Å²) in [5, 5.41) is 2.95. The van der Waals surface area contributed by atoms with Gasteiger partial charge in [0.2, 0.25) is 5.91 Å². The van der Waals surface area contributed by atoms with E-state index in [-0.39, 0.29) is 17.9 Å². The number of para-hydroxylation sites is 1. The number of benzene rings is 1. The molecule has 3 aliphatic rings. The van der Waals surface area contributed by atoms with Gasteiger partial charge in [0.15, 0.2) is 4.87 Å². The van der Waals surface area contributed by atoms with Crippen molar-refractivity contribution in [3.63, 3.8) is 0 Å². The van der Waals surface area contributed by atoms with Gasteiger partial charge in [0.1, 0.15) is 0 Å². The van der Waals surface area contributed by atoms with E-state index < -0.39 is 4.87 Å². The highest BCUT2D eigenvalue weighted by Gasteiger charge is 2.57. The third kappa shape index (κ3) is 2.43. The molecule has 0 unspecified atom stereocenters. The lowest BCUT2D eigenvalue weighted by atomic mass is 10.1. The Morgan fingerprint density at radius 2 is 2.26 bits per heavy atom. The number of hydrogen-bond donors (Lipinski definition) is 1. The Bertz CT molecular complexity index is 647. The van der Waals surface area contributed by atoms with E-state index in [9.17, 15) is 9.59 Å². The smallest absolute Gasteiger partial charge is 0.257 e. The number of rotatable bonds is 3. The largest absolute Gasteiger partial charge is 0.376 e. The van der Waals surface area contributed by atoms with E-state index in [2.05, 4.69) is 5.32 Å². The van der Waals surface area contributed by atoms with Gasteiger partial charge in [-0.15, -0.1) is 0 Å². The van der Waals surface area contributed by atoms with Crippen molar-refractivity contribution in [3.8, 4) is 0 Å². The molecule has 4 rings (SSSR count). The van der Waals surface area contributed by atoms with E-state index in [4.69, 9.17) is 9.47 Å². The van der Waals surface area contributed by atoms with Gasteiger partial charge < -0.3 is 14.8 Å². The predicted molar refractivity (Wildman–Crippen MR) is 85.3 cm³/mol. The molecule has 2 fully saturated rings. The standard InChI is InChI=1S/C16H18N2O4S/c19-14-5-6-16(15(20)17-9-11-10-21-7-8-22-11)18(14)12-3-1-2-4-13(12)23-16/h1-4,11H,5-10H2,(H,17,20)/t11-,16-/m1/s1. The molecule has 7 heteroatoms. The van der Waals surface area contributed by atoms with Crippen LogP contribution in [0.1, 0.15) is 12.8 Å². The van der Waals surface area contributed by atoms with Crippen molar-refractivity contribution in [1.29, 1.82) is 0 Å². The number of thioether (sulfide) groups is 1. The number of nitrogens with one attached hydrogen (secondary N) is 1. The molecule has 0 radical (unpaired) electrons. The lowest BCUT2D eigenvalue weighted by molar-refractivity contribution is -0.127. The number of ether oxygens (including phenoxy) is 2. The summed E-state index contributed by atoms with van der Waals surface area (Å²) in [6.45, 7) is 2.04. The summed E-state index contributed by atoms with van der Waals surface area (Å²) in [6.07, 6.45) is 0.806. The van der Waals surface area contributed by atoms with Crippen molar-refractivity contribution in [2.24, 2.45) is 0 Å². The first-order valence-corrected chi connectivity index (χ1v) is 8.61. The minimum atomic E-state index is -0.851. The zero-order chi connectivity index (χ0) is 15.9. The monoisotopic (exact) mass is 334 g/mol. The topological polar surface area (TPSA) is 67.9 Å². The number of anilines is 1. The van der Waals surface area contributed by atoms with Crippen LogP contribution in [-0.4, -0.2) is 49.2 Å². The number of amides is 2. The Kier molecular flexibility index (Phi) is 3.79. The van der Waals surface area contributed by atoms with E-state index in [1.165, 1.54) is 11.8 Å². The molecular weight excluding hydrogens is 316 g/mol. The highest BCUT2D eigenvalue weighted by Crippen LogP contribution is 2.55. The molecule has 1 N–H and O–H groups in total. The molecule has 0 bridgehead atoms.